The maximum atomic E-state index is 14.3. The van der Waals surface area contributed by atoms with Gasteiger partial charge in [0.25, 0.3) is 0 Å². The summed E-state index contributed by atoms with van der Waals surface area (Å²) in [7, 11) is 0. The van der Waals surface area contributed by atoms with Crippen LogP contribution >= 0.6 is 0 Å². The standard InChI is InChI=1S/C18H23FN2/c1-3-21(12-16-8-5-4-7-14(16)2)13-17-10-6-9-15(11-20)18(17)19/h4-10H,3,11-13,20H2,1-2H3. The molecule has 0 aliphatic heterocycles. The number of halogens is 1. The quantitative estimate of drug-likeness (QED) is 0.879. The largest absolute Gasteiger partial charge is 0.326 e. The zero-order valence-corrected chi connectivity index (χ0v) is 12.8. The number of nitrogens with two attached hydrogens (primary N) is 1. The minimum absolute atomic E-state index is 0.164. The fraction of sp³-hybridized carbons (Fsp3) is 0.333. The Kier molecular flexibility index (Phi) is 5.48. The van der Waals surface area contributed by atoms with Gasteiger partial charge in [-0.15, -0.1) is 0 Å². The number of hydrogen-bond acceptors (Lipinski definition) is 2. The molecular weight excluding hydrogens is 263 g/mol. The smallest absolute Gasteiger partial charge is 0.132 e. The van der Waals surface area contributed by atoms with Gasteiger partial charge < -0.3 is 5.73 Å². The van der Waals surface area contributed by atoms with E-state index in [0.717, 1.165) is 13.1 Å². The minimum Gasteiger partial charge on any atom is -0.326 e. The molecule has 0 saturated carbocycles. The van der Waals surface area contributed by atoms with Crippen LogP contribution in [0.4, 0.5) is 4.39 Å². The molecule has 2 nitrogen and oxygen atoms in total. The van der Waals surface area contributed by atoms with E-state index in [2.05, 4.69) is 30.9 Å². The van der Waals surface area contributed by atoms with Crippen molar-refractivity contribution in [3.05, 3.63) is 70.5 Å². The van der Waals surface area contributed by atoms with E-state index in [1.54, 1.807) is 6.07 Å². The molecular formula is C18H23FN2. The van der Waals surface area contributed by atoms with Crippen molar-refractivity contribution in [3.8, 4) is 0 Å². The molecule has 2 aromatic carbocycles. The molecule has 0 heterocycles. The van der Waals surface area contributed by atoms with Crippen LogP contribution in [0.15, 0.2) is 42.5 Å². The van der Waals surface area contributed by atoms with Gasteiger partial charge in [0.1, 0.15) is 5.82 Å². The first-order valence-corrected chi connectivity index (χ1v) is 7.39. The van der Waals surface area contributed by atoms with Crippen molar-refractivity contribution < 1.29 is 4.39 Å². The van der Waals surface area contributed by atoms with Gasteiger partial charge >= 0.3 is 0 Å². The molecule has 0 fully saturated rings. The maximum absolute atomic E-state index is 14.3. The fourth-order valence-electron chi connectivity index (χ4n) is 2.46. The molecule has 0 aliphatic carbocycles. The second-order valence-electron chi connectivity index (χ2n) is 5.32. The molecule has 2 rings (SSSR count). The van der Waals surface area contributed by atoms with Crippen LogP contribution in [0.3, 0.4) is 0 Å². The second kappa shape index (κ2) is 7.34. The summed E-state index contributed by atoms with van der Waals surface area (Å²) in [5.74, 6) is -0.164. The fourth-order valence-corrected chi connectivity index (χ4v) is 2.46. The summed E-state index contributed by atoms with van der Waals surface area (Å²) in [6.07, 6.45) is 0. The zero-order chi connectivity index (χ0) is 15.2. The molecule has 0 aliphatic rings. The summed E-state index contributed by atoms with van der Waals surface area (Å²) in [4.78, 5) is 2.24. The van der Waals surface area contributed by atoms with Crippen molar-refractivity contribution in [1.82, 2.24) is 4.90 Å². The summed E-state index contributed by atoms with van der Waals surface area (Å²) < 4.78 is 14.3. The molecule has 0 spiro atoms. The van der Waals surface area contributed by atoms with Crippen molar-refractivity contribution in [1.29, 1.82) is 0 Å². The van der Waals surface area contributed by atoms with Gasteiger partial charge in [-0.25, -0.2) is 4.39 Å². The van der Waals surface area contributed by atoms with Crippen LogP contribution in [0, 0.1) is 12.7 Å². The van der Waals surface area contributed by atoms with E-state index in [0.29, 0.717) is 17.7 Å². The molecule has 0 unspecified atom stereocenters. The van der Waals surface area contributed by atoms with E-state index < -0.39 is 0 Å². The Labute approximate surface area is 126 Å². The monoisotopic (exact) mass is 286 g/mol. The Bertz CT molecular complexity index is 596. The van der Waals surface area contributed by atoms with Crippen LogP contribution in [0.25, 0.3) is 0 Å². The van der Waals surface area contributed by atoms with Crippen LogP contribution < -0.4 is 5.73 Å². The summed E-state index contributed by atoms with van der Waals surface area (Å²) in [6, 6.07) is 13.8. The molecule has 0 saturated heterocycles. The van der Waals surface area contributed by atoms with Gasteiger partial charge in [0.05, 0.1) is 0 Å². The van der Waals surface area contributed by atoms with Gasteiger partial charge in [0, 0.05) is 30.8 Å². The van der Waals surface area contributed by atoms with E-state index in [-0.39, 0.29) is 12.4 Å². The highest BCUT2D eigenvalue weighted by Gasteiger charge is 2.11. The van der Waals surface area contributed by atoms with E-state index in [9.17, 15) is 4.39 Å². The summed E-state index contributed by atoms with van der Waals surface area (Å²) >= 11 is 0. The predicted molar refractivity (Wildman–Crippen MR) is 85.3 cm³/mol. The lowest BCUT2D eigenvalue weighted by Crippen LogP contribution is -2.23. The zero-order valence-electron chi connectivity index (χ0n) is 12.8. The molecule has 3 heteroatoms. The first-order chi connectivity index (χ1) is 10.2. The van der Waals surface area contributed by atoms with Gasteiger partial charge in [0.2, 0.25) is 0 Å². The number of hydrogen-bond donors (Lipinski definition) is 1. The second-order valence-corrected chi connectivity index (χ2v) is 5.32. The Morgan fingerprint density at radius 1 is 0.952 bits per heavy atom. The van der Waals surface area contributed by atoms with Gasteiger partial charge in [-0.3, -0.25) is 4.90 Å². The lowest BCUT2D eigenvalue weighted by Gasteiger charge is -2.22. The Hall–Kier alpha value is -1.71. The Morgan fingerprint density at radius 3 is 2.24 bits per heavy atom. The van der Waals surface area contributed by atoms with Gasteiger partial charge in [0.15, 0.2) is 0 Å². The highest BCUT2D eigenvalue weighted by atomic mass is 19.1. The third kappa shape index (κ3) is 3.90. The van der Waals surface area contributed by atoms with Crippen LogP contribution in [-0.2, 0) is 19.6 Å². The summed E-state index contributed by atoms with van der Waals surface area (Å²) in [5, 5.41) is 0. The molecule has 0 atom stereocenters. The third-order valence-corrected chi connectivity index (χ3v) is 3.87. The van der Waals surface area contributed by atoms with Crippen molar-refractivity contribution in [2.75, 3.05) is 6.54 Å². The van der Waals surface area contributed by atoms with Crippen LogP contribution in [0.1, 0.15) is 29.2 Å². The number of nitrogens with zero attached hydrogens (tertiary/aromatic N) is 1. The van der Waals surface area contributed by atoms with Crippen LogP contribution in [0.2, 0.25) is 0 Å². The van der Waals surface area contributed by atoms with Crippen molar-refractivity contribution in [2.45, 2.75) is 33.5 Å². The van der Waals surface area contributed by atoms with Crippen LogP contribution in [0.5, 0.6) is 0 Å². The first-order valence-electron chi connectivity index (χ1n) is 7.39. The lowest BCUT2D eigenvalue weighted by molar-refractivity contribution is 0.266. The SMILES string of the molecule is CCN(Cc1ccccc1C)Cc1cccc(CN)c1F. The minimum atomic E-state index is -0.164. The van der Waals surface area contributed by atoms with Crippen molar-refractivity contribution >= 4 is 0 Å². The third-order valence-electron chi connectivity index (χ3n) is 3.87. The van der Waals surface area contributed by atoms with Gasteiger partial charge in [-0.05, 0) is 24.6 Å². The number of aryl methyl sites for hydroxylation is 1. The predicted octanol–water partition coefficient (Wildman–Crippen LogP) is 3.61. The average Bonchev–Trinajstić information content (AvgIpc) is 2.50. The number of rotatable bonds is 6. The van der Waals surface area contributed by atoms with Crippen molar-refractivity contribution in [2.24, 2.45) is 5.73 Å². The van der Waals surface area contributed by atoms with E-state index in [4.69, 9.17) is 5.73 Å². The molecule has 2 aromatic rings. The van der Waals surface area contributed by atoms with Gasteiger partial charge in [-0.2, -0.15) is 0 Å². The molecule has 2 N–H and O–H groups in total. The first kappa shape index (κ1) is 15.7. The van der Waals surface area contributed by atoms with Crippen LogP contribution in [-0.4, -0.2) is 11.4 Å². The molecule has 0 bridgehead atoms. The average molecular weight is 286 g/mol. The summed E-state index contributed by atoms with van der Waals surface area (Å²) in [5.41, 5.74) is 9.43. The van der Waals surface area contributed by atoms with E-state index in [1.807, 2.05) is 24.3 Å². The van der Waals surface area contributed by atoms with Gasteiger partial charge in [-0.1, -0.05) is 49.4 Å². The molecule has 112 valence electrons. The Morgan fingerprint density at radius 2 is 1.57 bits per heavy atom. The lowest BCUT2D eigenvalue weighted by atomic mass is 10.1. The highest BCUT2D eigenvalue weighted by molar-refractivity contribution is 5.27. The number of benzene rings is 2. The molecule has 21 heavy (non-hydrogen) atoms. The van der Waals surface area contributed by atoms with Crippen molar-refractivity contribution in [3.63, 3.8) is 0 Å². The highest BCUT2D eigenvalue weighted by Crippen LogP contribution is 2.17. The van der Waals surface area contributed by atoms with E-state index >= 15 is 0 Å². The molecule has 0 amide bonds. The van der Waals surface area contributed by atoms with E-state index in [1.165, 1.54) is 11.1 Å². The molecule has 0 aromatic heterocycles. The maximum Gasteiger partial charge on any atom is 0.132 e. The molecule has 0 radical (unpaired) electrons. The topological polar surface area (TPSA) is 29.3 Å². The normalized spacial score (nSPS) is 11.1. The summed E-state index contributed by atoms with van der Waals surface area (Å²) in [6.45, 7) is 6.76. The Balaban J connectivity index is 2.15.